The molecule has 0 radical (unpaired) electrons. The van der Waals surface area contributed by atoms with Crippen molar-refractivity contribution in [2.45, 2.75) is 11.8 Å². The number of benzene rings is 8. The molecule has 0 aliphatic heterocycles. The minimum absolute atomic E-state index is 0.571. The van der Waals surface area contributed by atoms with Gasteiger partial charge in [0.15, 0.2) is 17.5 Å². The van der Waals surface area contributed by atoms with E-state index in [-0.39, 0.29) is 0 Å². The molecule has 2 aliphatic carbocycles. The van der Waals surface area contributed by atoms with Crippen LogP contribution in [0.25, 0.3) is 78.4 Å². The highest BCUT2D eigenvalue weighted by atomic mass is 16.3. The van der Waals surface area contributed by atoms with E-state index in [4.69, 9.17) is 19.4 Å². The van der Waals surface area contributed by atoms with E-state index in [1.54, 1.807) is 0 Å². The molecule has 4 heteroatoms. The van der Waals surface area contributed by atoms with Crippen molar-refractivity contribution < 1.29 is 4.42 Å². The number of aromatic nitrogens is 3. The van der Waals surface area contributed by atoms with Crippen LogP contribution in [-0.2, 0) is 11.8 Å². The van der Waals surface area contributed by atoms with Gasteiger partial charge in [-0.1, -0.05) is 176 Å². The van der Waals surface area contributed by atoms with E-state index in [1.165, 1.54) is 50.1 Å². The molecular weight excluding hydrogens is 695 g/mol. The van der Waals surface area contributed by atoms with Crippen LogP contribution in [-0.4, -0.2) is 15.0 Å². The predicted octanol–water partition coefficient (Wildman–Crippen LogP) is 12.7. The van der Waals surface area contributed by atoms with E-state index in [9.17, 15) is 0 Å². The van der Waals surface area contributed by atoms with Crippen LogP contribution in [0.1, 0.15) is 33.4 Å². The Bertz CT molecular complexity index is 3180. The third-order valence-corrected chi connectivity index (χ3v) is 12.1. The number of hydrogen-bond donors (Lipinski definition) is 0. The predicted molar refractivity (Wildman–Crippen MR) is 229 cm³/mol. The van der Waals surface area contributed by atoms with Gasteiger partial charge in [0.2, 0.25) is 0 Å². The molecule has 0 bridgehead atoms. The first-order valence-electron chi connectivity index (χ1n) is 19.5. The highest BCUT2D eigenvalue weighted by molar-refractivity contribution is 6.09. The van der Waals surface area contributed by atoms with Gasteiger partial charge in [-0.05, 0) is 74.2 Å². The zero-order chi connectivity index (χ0) is 37.5. The minimum Gasteiger partial charge on any atom is -0.455 e. The summed E-state index contributed by atoms with van der Waals surface area (Å²) < 4.78 is 6.61. The average Bonchev–Trinajstić information content (AvgIpc) is 3.95. The Morgan fingerprint density at radius 3 is 1.72 bits per heavy atom. The van der Waals surface area contributed by atoms with Crippen molar-refractivity contribution in [3.05, 3.63) is 221 Å². The Morgan fingerprint density at radius 2 is 0.912 bits per heavy atom. The van der Waals surface area contributed by atoms with Gasteiger partial charge in [0, 0.05) is 21.9 Å². The van der Waals surface area contributed by atoms with Gasteiger partial charge >= 0.3 is 0 Å². The second-order valence-corrected chi connectivity index (χ2v) is 15.0. The zero-order valence-electron chi connectivity index (χ0n) is 30.9. The van der Waals surface area contributed by atoms with Crippen LogP contribution >= 0.6 is 0 Å². The average molecular weight is 728 g/mol. The van der Waals surface area contributed by atoms with E-state index >= 15 is 0 Å². The van der Waals surface area contributed by atoms with E-state index in [0.717, 1.165) is 50.6 Å². The van der Waals surface area contributed by atoms with Crippen molar-refractivity contribution >= 4 is 21.9 Å². The summed E-state index contributed by atoms with van der Waals surface area (Å²) in [5.74, 6) is 1.82. The summed E-state index contributed by atoms with van der Waals surface area (Å²) in [6.07, 6.45) is 0.879. The summed E-state index contributed by atoms with van der Waals surface area (Å²) >= 11 is 0. The molecule has 0 fully saturated rings. The molecule has 0 atom stereocenters. The van der Waals surface area contributed by atoms with E-state index in [2.05, 4.69) is 176 Å². The van der Waals surface area contributed by atoms with Crippen LogP contribution in [0.15, 0.2) is 192 Å². The quantitative estimate of drug-likeness (QED) is 0.177. The lowest BCUT2D eigenvalue weighted by Crippen LogP contribution is -2.29. The van der Waals surface area contributed by atoms with Gasteiger partial charge in [0.25, 0.3) is 0 Å². The van der Waals surface area contributed by atoms with Crippen molar-refractivity contribution in [3.63, 3.8) is 0 Å². The summed E-state index contributed by atoms with van der Waals surface area (Å²) in [7, 11) is 0. The molecule has 10 aromatic rings. The van der Waals surface area contributed by atoms with Crippen LogP contribution in [0, 0.1) is 0 Å². The molecule has 0 amide bonds. The summed E-state index contributed by atoms with van der Waals surface area (Å²) in [6.45, 7) is 0. The monoisotopic (exact) mass is 727 g/mol. The van der Waals surface area contributed by atoms with Crippen LogP contribution in [0.2, 0.25) is 0 Å². The molecule has 2 heterocycles. The lowest BCUT2D eigenvalue weighted by Gasteiger charge is -2.35. The Hall–Kier alpha value is -7.43. The highest BCUT2D eigenvalue weighted by Crippen LogP contribution is 2.58. The number of para-hydroxylation sites is 2. The molecule has 0 N–H and O–H groups in total. The van der Waals surface area contributed by atoms with E-state index in [1.807, 2.05) is 12.1 Å². The van der Waals surface area contributed by atoms with Gasteiger partial charge in [-0.25, -0.2) is 15.0 Å². The molecule has 8 aromatic carbocycles. The van der Waals surface area contributed by atoms with Crippen molar-refractivity contribution in [2.24, 2.45) is 0 Å². The lowest BCUT2D eigenvalue weighted by atomic mass is 9.66. The van der Waals surface area contributed by atoms with E-state index in [0.29, 0.717) is 17.5 Å². The van der Waals surface area contributed by atoms with Gasteiger partial charge in [0.1, 0.15) is 11.2 Å². The van der Waals surface area contributed by atoms with Gasteiger partial charge < -0.3 is 4.42 Å². The third kappa shape index (κ3) is 4.59. The molecule has 0 saturated heterocycles. The molecule has 4 nitrogen and oxygen atoms in total. The molecule has 2 aliphatic rings. The molecule has 0 saturated carbocycles. The number of fused-ring (bicyclic) bond motifs is 9. The third-order valence-electron chi connectivity index (χ3n) is 12.1. The summed E-state index contributed by atoms with van der Waals surface area (Å²) in [6, 6.07) is 66.9. The number of hydrogen-bond acceptors (Lipinski definition) is 4. The topological polar surface area (TPSA) is 51.8 Å². The Kier molecular flexibility index (Phi) is 6.87. The fourth-order valence-corrected chi connectivity index (χ4v) is 9.73. The Labute approximate surface area is 329 Å². The summed E-state index contributed by atoms with van der Waals surface area (Å²) in [5.41, 5.74) is 15.9. The molecule has 2 aromatic heterocycles. The fourth-order valence-electron chi connectivity index (χ4n) is 9.73. The van der Waals surface area contributed by atoms with Crippen molar-refractivity contribution in [2.75, 3.05) is 0 Å². The Balaban J connectivity index is 1.19. The van der Waals surface area contributed by atoms with Crippen LogP contribution in [0.5, 0.6) is 0 Å². The largest absolute Gasteiger partial charge is 0.455 e. The fraction of sp³-hybridized carbons (Fsp3) is 0.0377. The van der Waals surface area contributed by atoms with Crippen molar-refractivity contribution in [3.8, 4) is 56.4 Å². The first kappa shape index (κ1) is 31.9. The van der Waals surface area contributed by atoms with Gasteiger partial charge in [-0.3, -0.25) is 0 Å². The second-order valence-electron chi connectivity index (χ2n) is 15.0. The van der Waals surface area contributed by atoms with Crippen LogP contribution in [0.3, 0.4) is 0 Å². The zero-order valence-corrected chi connectivity index (χ0v) is 30.9. The van der Waals surface area contributed by atoms with E-state index < -0.39 is 5.41 Å². The maximum absolute atomic E-state index is 6.61. The first-order valence-corrected chi connectivity index (χ1v) is 19.5. The second kappa shape index (κ2) is 12.3. The standard InChI is InChI=1S/C53H33N3O/c1-3-18-35(19-4-1)53(36-20-5-2-6-21-36)45-30-11-9-23-38(45)40-25-14-28-43(48(40)53)51-54-50(42-27-13-17-34-32-33-16-7-8-22-37(33)47(34)42)55-52(56-51)44-29-15-26-41-39-24-10-12-31-46(39)57-49(41)44/h1-31H,32H2. The van der Waals surface area contributed by atoms with Gasteiger partial charge in [-0.15, -0.1) is 0 Å². The smallest absolute Gasteiger partial charge is 0.167 e. The number of furan rings is 1. The van der Waals surface area contributed by atoms with Gasteiger partial charge in [-0.2, -0.15) is 0 Å². The van der Waals surface area contributed by atoms with Crippen LogP contribution in [0.4, 0.5) is 0 Å². The summed E-state index contributed by atoms with van der Waals surface area (Å²) in [5, 5.41) is 2.10. The number of rotatable bonds is 5. The molecule has 0 unspecified atom stereocenters. The highest BCUT2D eigenvalue weighted by Gasteiger charge is 2.48. The molecule has 57 heavy (non-hydrogen) atoms. The molecule has 12 rings (SSSR count). The maximum atomic E-state index is 6.61. The Morgan fingerprint density at radius 1 is 0.386 bits per heavy atom. The normalized spacial score (nSPS) is 13.3. The van der Waals surface area contributed by atoms with Crippen molar-refractivity contribution in [1.82, 2.24) is 15.0 Å². The number of nitrogens with zero attached hydrogens (tertiary/aromatic N) is 3. The minimum atomic E-state index is -0.635. The summed E-state index contributed by atoms with van der Waals surface area (Å²) in [4.78, 5) is 16.4. The maximum Gasteiger partial charge on any atom is 0.167 e. The molecule has 266 valence electrons. The molecule has 0 spiro atoms. The lowest BCUT2D eigenvalue weighted by molar-refractivity contribution is 0.669. The van der Waals surface area contributed by atoms with Crippen molar-refractivity contribution in [1.29, 1.82) is 0 Å². The first-order chi connectivity index (χ1) is 28.3. The SMILES string of the molecule is c1ccc(C2(c3ccccc3)c3ccccc3-c3cccc(-c4nc(-c5cccc6c5-c5ccccc5C6)nc(-c5cccc6c5oc5ccccc56)n4)c32)cc1. The molecular formula is C53H33N3O. The van der Waals surface area contributed by atoms with Gasteiger partial charge in [0.05, 0.1) is 11.0 Å². The van der Waals surface area contributed by atoms with Crippen LogP contribution < -0.4 is 0 Å².